The molecule has 2 aliphatic heterocycles. The predicted molar refractivity (Wildman–Crippen MR) is 140 cm³/mol. The summed E-state index contributed by atoms with van der Waals surface area (Å²) in [5.41, 5.74) is 4.84. The molecular formula is C28H24ClFN4O3. The molecule has 2 aromatic heterocycles. The highest BCUT2D eigenvalue weighted by Crippen LogP contribution is 2.44. The molecule has 188 valence electrons. The SMILES string of the molecule is O=c1cc(N2CCOC(c3c(F)ccc4c3Oc3ccc(NCc5cncc(Cl)c5)cc3C4)C2)cc[nH]1. The highest BCUT2D eigenvalue weighted by molar-refractivity contribution is 6.30. The molecule has 0 bridgehead atoms. The molecule has 0 amide bonds. The van der Waals surface area contributed by atoms with Crippen LogP contribution in [0.1, 0.15) is 28.4 Å². The van der Waals surface area contributed by atoms with E-state index in [1.165, 1.54) is 6.07 Å². The van der Waals surface area contributed by atoms with Crippen molar-refractivity contribution in [2.24, 2.45) is 0 Å². The van der Waals surface area contributed by atoms with Gasteiger partial charge in [0.1, 0.15) is 23.4 Å². The molecule has 2 aliphatic rings. The van der Waals surface area contributed by atoms with Crippen molar-refractivity contribution >= 4 is 23.0 Å². The van der Waals surface area contributed by atoms with Crippen LogP contribution in [0.15, 0.2) is 71.9 Å². The van der Waals surface area contributed by atoms with Crippen LogP contribution in [0, 0.1) is 5.82 Å². The number of morpholine rings is 1. The Kier molecular flexibility index (Phi) is 6.28. The van der Waals surface area contributed by atoms with Gasteiger partial charge < -0.3 is 24.7 Å². The minimum absolute atomic E-state index is 0.179. The number of hydrogen-bond donors (Lipinski definition) is 2. The monoisotopic (exact) mass is 518 g/mol. The quantitative estimate of drug-likeness (QED) is 0.322. The number of ether oxygens (including phenoxy) is 2. The van der Waals surface area contributed by atoms with E-state index in [2.05, 4.69) is 15.3 Å². The molecular weight excluding hydrogens is 495 g/mol. The lowest BCUT2D eigenvalue weighted by atomic mass is 9.94. The standard InChI is InChI=1S/C28H24ClFN4O3/c29-20-9-17(13-31-15-20)14-33-21-2-4-24-19(11-21)10-18-1-3-23(30)27(28(18)37-24)25-16-34(7-8-36-25)22-5-6-32-26(35)12-22/h1-6,9,11-13,15,25,33H,7-8,10,14,16H2,(H,32,35). The summed E-state index contributed by atoms with van der Waals surface area (Å²) in [6.45, 7) is 2.02. The Morgan fingerprint density at radius 3 is 2.92 bits per heavy atom. The summed E-state index contributed by atoms with van der Waals surface area (Å²) in [7, 11) is 0. The average Bonchev–Trinajstić information content (AvgIpc) is 2.91. The number of benzene rings is 2. The molecule has 4 aromatic rings. The van der Waals surface area contributed by atoms with E-state index in [1.807, 2.05) is 35.2 Å². The Morgan fingerprint density at radius 1 is 1.14 bits per heavy atom. The summed E-state index contributed by atoms with van der Waals surface area (Å²) in [5, 5.41) is 3.99. The van der Waals surface area contributed by atoms with Crippen LogP contribution in [0.4, 0.5) is 15.8 Å². The molecule has 1 atom stereocenters. The molecule has 0 radical (unpaired) electrons. The molecule has 7 nitrogen and oxygen atoms in total. The smallest absolute Gasteiger partial charge is 0.249 e. The largest absolute Gasteiger partial charge is 0.456 e. The van der Waals surface area contributed by atoms with Gasteiger partial charge >= 0.3 is 0 Å². The van der Waals surface area contributed by atoms with E-state index < -0.39 is 6.10 Å². The van der Waals surface area contributed by atoms with Crippen molar-refractivity contribution in [3.8, 4) is 11.5 Å². The number of halogens is 2. The highest BCUT2D eigenvalue weighted by atomic mass is 35.5. The van der Waals surface area contributed by atoms with E-state index in [4.69, 9.17) is 21.1 Å². The molecule has 1 fully saturated rings. The van der Waals surface area contributed by atoms with Crippen molar-refractivity contribution < 1.29 is 13.9 Å². The second kappa shape index (κ2) is 9.88. The topological polar surface area (TPSA) is 79.5 Å². The van der Waals surface area contributed by atoms with Crippen molar-refractivity contribution in [1.29, 1.82) is 0 Å². The van der Waals surface area contributed by atoms with E-state index in [-0.39, 0.29) is 11.4 Å². The van der Waals surface area contributed by atoms with E-state index in [9.17, 15) is 4.79 Å². The summed E-state index contributed by atoms with van der Waals surface area (Å²) in [6, 6.07) is 14.4. The fraction of sp³-hybridized carbons (Fsp3) is 0.214. The lowest BCUT2D eigenvalue weighted by molar-refractivity contribution is 0.0360. The first-order valence-electron chi connectivity index (χ1n) is 12.0. The zero-order valence-corrected chi connectivity index (χ0v) is 20.6. The molecule has 1 unspecified atom stereocenters. The first kappa shape index (κ1) is 23.5. The Labute approximate surface area is 217 Å². The van der Waals surface area contributed by atoms with Gasteiger partial charge in [-0.25, -0.2) is 4.39 Å². The second-order valence-corrected chi connectivity index (χ2v) is 9.57. The molecule has 2 N–H and O–H groups in total. The van der Waals surface area contributed by atoms with Gasteiger partial charge in [0, 0.05) is 67.7 Å². The van der Waals surface area contributed by atoms with Crippen molar-refractivity contribution in [3.63, 3.8) is 0 Å². The van der Waals surface area contributed by atoms with Crippen molar-refractivity contribution in [2.45, 2.75) is 19.1 Å². The highest BCUT2D eigenvalue weighted by Gasteiger charge is 2.31. The van der Waals surface area contributed by atoms with Crippen molar-refractivity contribution in [3.05, 3.63) is 111 Å². The van der Waals surface area contributed by atoms with Crippen LogP contribution >= 0.6 is 11.6 Å². The summed E-state index contributed by atoms with van der Waals surface area (Å²) >= 11 is 6.04. The van der Waals surface area contributed by atoms with Gasteiger partial charge in [-0.05, 0) is 47.5 Å². The number of aromatic nitrogens is 2. The van der Waals surface area contributed by atoms with Gasteiger partial charge in [-0.2, -0.15) is 0 Å². The number of aromatic amines is 1. The zero-order chi connectivity index (χ0) is 25.4. The Bertz CT molecular complexity index is 1530. The van der Waals surface area contributed by atoms with Crippen molar-refractivity contribution in [2.75, 3.05) is 29.9 Å². The van der Waals surface area contributed by atoms with Gasteiger partial charge in [-0.1, -0.05) is 17.7 Å². The maximum absolute atomic E-state index is 15.2. The van der Waals surface area contributed by atoms with Gasteiger partial charge in [-0.3, -0.25) is 9.78 Å². The molecule has 0 aliphatic carbocycles. The Balaban J connectivity index is 1.23. The number of pyridine rings is 2. The van der Waals surface area contributed by atoms with Gasteiger partial charge in [0.2, 0.25) is 5.56 Å². The number of rotatable bonds is 5. The van der Waals surface area contributed by atoms with Crippen LogP contribution in [-0.4, -0.2) is 29.7 Å². The third-order valence-corrected chi connectivity index (χ3v) is 6.85. The van der Waals surface area contributed by atoms with Gasteiger partial charge in [0.25, 0.3) is 0 Å². The molecule has 1 saturated heterocycles. The number of fused-ring (bicyclic) bond motifs is 2. The van der Waals surface area contributed by atoms with E-state index in [0.29, 0.717) is 54.7 Å². The van der Waals surface area contributed by atoms with E-state index in [0.717, 1.165) is 28.1 Å². The summed E-state index contributed by atoms with van der Waals surface area (Å²) in [5.74, 6) is 0.834. The summed E-state index contributed by atoms with van der Waals surface area (Å²) < 4.78 is 27.5. The predicted octanol–water partition coefficient (Wildman–Crippen LogP) is 5.45. The van der Waals surface area contributed by atoms with Crippen LogP contribution in [0.5, 0.6) is 11.5 Å². The second-order valence-electron chi connectivity index (χ2n) is 9.13. The molecule has 6 rings (SSSR count). The Morgan fingerprint density at radius 2 is 2.05 bits per heavy atom. The lowest BCUT2D eigenvalue weighted by Crippen LogP contribution is -2.39. The zero-order valence-electron chi connectivity index (χ0n) is 19.8. The number of H-pyrrole nitrogens is 1. The average molecular weight is 519 g/mol. The third kappa shape index (κ3) is 4.90. The van der Waals surface area contributed by atoms with E-state index in [1.54, 1.807) is 30.7 Å². The van der Waals surface area contributed by atoms with E-state index >= 15 is 4.39 Å². The maximum Gasteiger partial charge on any atom is 0.249 e. The minimum Gasteiger partial charge on any atom is -0.456 e. The van der Waals surface area contributed by atoms with Crippen LogP contribution in [0.25, 0.3) is 0 Å². The van der Waals surface area contributed by atoms with Crippen LogP contribution < -0.4 is 20.5 Å². The van der Waals surface area contributed by atoms with Crippen LogP contribution in [-0.2, 0) is 17.7 Å². The maximum atomic E-state index is 15.2. The number of nitrogens with one attached hydrogen (secondary N) is 2. The molecule has 0 spiro atoms. The fourth-order valence-corrected chi connectivity index (χ4v) is 5.06. The molecule has 9 heteroatoms. The normalized spacial score (nSPS) is 16.5. The van der Waals surface area contributed by atoms with Crippen LogP contribution in [0.2, 0.25) is 5.02 Å². The van der Waals surface area contributed by atoms with Gasteiger partial charge in [0.05, 0.1) is 17.2 Å². The van der Waals surface area contributed by atoms with Crippen LogP contribution in [0.3, 0.4) is 0 Å². The summed E-state index contributed by atoms with van der Waals surface area (Å²) in [4.78, 5) is 20.6. The number of anilines is 2. The van der Waals surface area contributed by atoms with Gasteiger partial charge in [-0.15, -0.1) is 0 Å². The number of hydrogen-bond acceptors (Lipinski definition) is 6. The molecule has 0 saturated carbocycles. The Hall–Kier alpha value is -3.88. The molecule has 37 heavy (non-hydrogen) atoms. The van der Waals surface area contributed by atoms with Gasteiger partial charge in [0.15, 0.2) is 0 Å². The lowest BCUT2D eigenvalue weighted by Gasteiger charge is -2.36. The first-order chi connectivity index (χ1) is 18.0. The first-order valence-corrected chi connectivity index (χ1v) is 12.4. The molecule has 4 heterocycles. The fourth-order valence-electron chi connectivity index (χ4n) is 4.87. The van der Waals surface area contributed by atoms with Crippen molar-refractivity contribution in [1.82, 2.24) is 9.97 Å². The number of nitrogens with zero attached hydrogens (tertiary/aromatic N) is 2. The third-order valence-electron chi connectivity index (χ3n) is 6.65. The molecule has 2 aromatic carbocycles. The minimum atomic E-state index is -0.531. The summed E-state index contributed by atoms with van der Waals surface area (Å²) in [6.07, 6.45) is 5.07.